The van der Waals surface area contributed by atoms with Crippen molar-refractivity contribution >= 4 is 29.5 Å². The maximum atomic E-state index is 12.4. The van der Waals surface area contributed by atoms with Crippen LogP contribution in [0, 0.1) is 5.92 Å². The number of amides is 3. The minimum absolute atomic E-state index is 0.0552. The summed E-state index contributed by atoms with van der Waals surface area (Å²) in [7, 11) is 0. The zero-order chi connectivity index (χ0) is 17.7. The van der Waals surface area contributed by atoms with E-state index in [1.165, 1.54) is 13.0 Å². The van der Waals surface area contributed by atoms with Gasteiger partial charge in [0.15, 0.2) is 0 Å². The van der Waals surface area contributed by atoms with Crippen molar-refractivity contribution in [2.45, 2.75) is 26.8 Å². The number of benzene rings is 1. The third-order valence-electron chi connectivity index (χ3n) is 3.82. The van der Waals surface area contributed by atoms with E-state index in [4.69, 9.17) is 0 Å². The van der Waals surface area contributed by atoms with E-state index in [1.807, 2.05) is 26.0 Å². The van der Waals surface area contributed by atoms with Crippen LogP contribution in [0.1, 0.15) is 26.3 Å². The number of nitrogens with one attached hydrogen (secondary N) is 2. The molecule has 1 atom stereocenters. The van der Waals surface area contributed by atoms with Crippen LogP contribution in [0.3, 0.4) is 0 Å². The first-order chi connectivity index (χ1) is 11.4. The van der Waals surface area contributed by atoms with Crippen LogP contribution >= 0.6 is 0 Å². The number of hydrogen-bond acceptors (Lipinski definition) is 3. The van der Waals surface area contributed by atoms with Gasteiger partial charge in [-0.2, -0.15) is 0 Å². The predicted octanol–water partition coefficient (Wildman–Crippen LogP) is 1.64. The van der Waals surface area contributed by atoms with Crippen molar-refractivity contribution in [1.29, 1.82) is 0 Å². The highest BCUT2D eigenvalue weighted by Gasteiger charge is 2.34. The second kappa shape index (κ2) is 7.77. The van der Waals surface area contributed by atoms with E-state index in [9.17, 15) is 14.4 Å². The third-order valence-corrected chi connectivity index (χ3v) is 3.82. The van der Waals surface area contributed by atoms with Crippen LogP contribution in [0.25, 0.3) is 6.08 Å². The molecule has 128 valence electrons. The molecule has 0 aromatic heterocycles. The summed E-state index contributed by atoms with van der Waals surface area (Å²) in [6.45, 7) is 6.30. The van der Waals surface area contributed by atoms with Gasteiger partial charge in [-0.1, -0.05) is 26.0 Å². The molecule has 1 aromatic carbocycles. The summed E-state index contributed by atoms with van der Waals surface area (Å²) in [5, 5.41) is 5.49. The third kappa shape index (κ3) is 4.44. The molecule has 0 unspecified atom stereocenters. The maximum absolute atomic E-state index is 12.4. The van der Waals surface area contributed by atoms with Gasteiger partial charge < -0.3 is 15.5 Å². The van der Waals surface area contributed by atoms with E-state index in [0.717, 1.165) is 5.56 Å². The maximum Gasteiger partial charge on any atom is 0.247 e. The van der Waals surface area contributed by atoms with Crippen LogP contribution in [-0.4, -0.2) is 41.8 Å². The minimum atomic E-state index is -0.432. The average molecular weight is 329 g/mol. The molecule has 1 aromatic rings. The molecule has 0 bridgehead atoms. The lowest BCUT2D eigenvalue weighted by atomic mass is 9.99. The van der Waals surface area contributed by atoms with Gasteiger partial charge in [0.1, 0.15) is 6.04 Å². The Balaban J connectivity index is 2.06. The Bertz CT molecular complexity index is 650. The first-order valence-corrected chi connectivity index (χ1v) is 8.02. The second-order valence-corrected chi connectivity index (χ2v) is 6.15. The zero-order valence-corrected chi connectivity index (χ0v) is 14.2. The van der Waals surface area contributed by atoms with Crippen LogP contribution in [0.4, 0.5) is 5.69 Å². The molecule has 6 nitrogen and oxygen atoms in total. The molecule has 3 amide bonds. The van der Waals surface area contributed by atoms with E-state index in [1.54, 1.807) is 23.1 Å². The lowest BCUT2D eigenvalue weighted by Crippen LogP contribution is -2.58. The smallest absolute Gasteiger partial charge is 0.247 e. The first-order valence-electron chi connectivity index (χ1n) is 8.02. The van der Waals surface area contributed by atoms with E-state index in [-0.39, 0.29) is 23.6 Å². The quantitative estimate of drug-likeness (QED) is 0.824. The van der Waals surface area contributed by atoms with E-state index >= 15 is 0 Å². The molecule has 2 rings (SSSR count). The van der Waals surface area contributed by atoms with Crippen molar-refractivity contribution in [3.8, 4) is 0 Å². The Hall–Kier alpha value is -2.63. The van der Waals surface area contributed by atoms with Gasteiger partial charge in [-0.05, 0) is 29.7 Å². The molecule has 24 heavy (non-hydrogen) atoms. The molecule has 2 N–H and O–H groups in total. The molecule has 1 fully saturated rings. The fourth-order valence-electron chi connectivity index (χ4n) is 2.74. The molecule has 0 aliphatic carbocycles. The van der Waals surface area contributed by atoms with Crippen molar-refractivity contribution in [3.63, 3.8) is 0 Å². The summed E-state index contributed by atoms with van der Waals surface area (Å²) in [5.74, 6) is -0.344. The topological polar surface area (TPSA) is 78.5 Å². The lowest BCUT2D eigenvalue weighted by molar-refractivity contribution is -0.141. The molecule has 1 saturated heterocycles. The van der Waals surface area contributed by atoms with Gasteiger partial charge in [-0.15, -0.1) is 0 Å². The van der Waals surface area contributed by atoms with Gasteiger partial charge >= 0.3 is 0 Å². The van der Waals surface area contributed by atoms with Gasteiger partial charge in [0.25, 0.3) is 0 Å². The van der Waals surface area contributed by atoms with Crippen molar-refractivity contribution in [1.82, 2.24) is 10.2 Å². The van der Waals surface area contributed by atoms with Crippen molar-refractivity contribution in [2.24, 2.45) is 5.92 Å². The molecule has 1 heterocycles. The van der Waals surface area contributed by atoms with Crippen LogP contribution in [0.5, 0.6) is 0 Å². The van der Waals surface area contributed by atoms with Crippen LogP contribution < -0.4 is 10.6 Å². The molecule has 6 heteroatoms. The highest BCUT2D eigenvalue weighted by atomic mass is 16.2. The number of rotatable bonds is 4. The SMILES string of the molecule is CC(=O)Nc1ccc(/C=C\C(=O)N2CCNC(=O)[C@H]2C(C)C)cc1. The fourth-order valence-corrected chi connectivity index (χ4v) is 2.74. The summed E-state index contributed by atoms with van der Waals surface area (Å²) in [6.07, 6.45) is 3.20. The monoisotopic (exact) mass is 329 g/mol. The molecule has 0 radical (unpaired) electrons. The number of nitrogens with zero attached hydrogens (tertiary/aromatic N) is 1. The Morgan fingerprint density at radius 2 is 1.96 bits per heavy atom. The predicted molar refractivity (Wildman–Crippen MR) is 93.1 cm³/mol. The Labute approximate surface area is 141 Å². The van der Waals surface area contributed by atoms with Crippen LogP contribution in [0.2, 0.25) is 0 Å². The van der Waals surface area contributed by atoms with Gasteiger partial charge in [0, 0.05) is 31.8 Å². The second-order valence-electron chi connectivity index (χ2n) is 6.15. The Morgan fingerprint density at radius 1 is 1.29 bits per heavy atom. The summed E-state index contributed by atoms with van der Waals surface area (Å²) in [4.78, 5) is 37.0. The number of carbonyl (C=O) groups excluding carboxylic acids is 3. The molecular weight excluding hydrogens is 306 g/mol. The van der Waals surface area contributed by atoms with E-state index in [2.05, 4.69) is 10.6 Å². The standard InChI is InChI=1S/C18H23N3O3/c1-12(2)17-18(24)19-10-11-21(17)16(23)9-6-14-4-7-15(8-5-14)20-13(3)22/h4-9,12,17H,10-11H2,1-3H3,(H,19,24)(H,20,22)/b9-6-/t17-/m1/s1. The molecule has 0 saturated carbocycles. The largest absolute Gasteiger partial charge is 0.353 e. The summed E-state index contributed by atoms with van der Waals surface area (Å²) >= 11 is 0. The summed E-state index contributed by atoms with van der Waals surface area (Å²) in [6, 6.07) is 6.75. The highest BCUT2D eigenvalue weighted by molar-refractivity contribution is 5.96. The van der Waals surface area contributed by atoms with Gasteiger partial charge in [0.05, 0.1) is 0 Å². The van der Waals surface area contributed by atoms with Gasteiger partial charge in [-0.3, -0.25) is 14.4 Å². The minimum Gasteiger partial charge on any atom is -0.353 e. The van der Waals surface area contributed by atoms with Gasteiger partial charge in [-0.25, -0.2) is 0 Å². The number of anilines is 1. The average Bonchev–Trinajstić information content (AvgIpc) is 2.52. The Kier molecular flexibility index (Phi) is 5.73. The fraction of sp³-hybridized carbons (Fsp3) is 0.389. The number of piperazine rings is 1. The first kappa shape index (κ1) is 17.7. The molecule has 1 aliphatic rings. The molecule has 1 aliphatic heterocycles. The summed E-state index contributed by atoms with van der Waals surface area (Å²) < 4.78 is 0. The normalized spacial score (nSPS) is 17.9. The highest BCUT2D eigenvalue weighted by Crippen LogP contribution is 2.16. The molecular formula is C18H23N3O3. The molecule has 0 spiro atoms. The zero-order valence-electron chi connectivity index (χ0n) is 14.2. The van der Waals surface area contributed by atoms with Crippen molar-refractivity contribution in [3.05, 3.63) is 35.9 Å². The van der Waals surface area contributed by atoms with Gasteiger partial charge in [0.2, 0.25) is 17.7 Å². The number of carbonyl (C=O) groups is 3. The van der Waals surface area contributed by atoms with E-state index in [0.29, 0.717) is 18.8 Å². The van der Waals surface area contributed by atoms with Crippen molar-refractivity contribution < 1.29 is 14.4 Å². The lowest BCUT2D eigenvalue weighted by Gasteiger charge is -2.36. The summed E-state index contributed by atoms with van der Waals surface area (Å²) in [5.41, 5.74) is 1.55. The Morgan fingerprint density at radius 3 is 2.54 bits per heavy atom. The van der Waals surface area contributed by atoms with E-state index < -0.39 is 6.04 Å². The van der Waals surface area contributed by atoms with Crippen LogP contribution in [0.15, 0.2) is 30.3 Å². The van der Waals surface area contributed by atoms with Crippen molar-refractivity contribution in [2.75, 3.05) is 18.4 Å². The van der Waals surface area contributed by atoms with Crippen LogP contribution in [-0.2, 0) is 14.4 Å². The number of hydrogen-bond donors (Lipinski definition) is 2.